The van der Waals surface area contributed by atoms with Crippen molar-refractivity contribution in [2.45, 2.75) is 0 Å². The molecule has 0 aliphatic rings. The maximum absolute atomic E-state index is 2.46. The highest BCUT2D eigenvalue weighted by atomic mass is 32.1. The van der Waals surface area contributed by atoms with Crippen LogP contribution in [0.15, 0.2) is 170 Å². The van der Waals surface area contributed by atoms with Gasteiger partial charge in [0.1, 0.15) is 0 Å². The molecular formula is C46H28N2S. The van der Waals surface area contributed by atoms with Crippen molar-refractivity contribution in [2.24, 2.45) is 0 Å². The lowest BCUT2D eigenvalue weighted by molar-refractivity contribution is 1.19. The van der Waals surface area contributed by atoms with Crippen LogP contribution in [0.2, 0.25) is 0 Å². The minimum atomic E-state index is 1.18. The van der Waals surface area contributed by atoms with Crippen LogP contribution >= 0.6 is 11.3 Å². The van der Waals surface area contributed by atoms with Crippen molar-refractivity contribution < 1.29 is 0 Å². The second-order valence-corrected chi connectivity index (χ2v) is 14.0. The smallest absolute Gasteiger partial charge is 0.0640 e. The Morgan fingerprint density at radius 2 is 0.918 bits per heavy atom. The summed E-state index contributed by atoms with van der Waals surface area (Å²) >= 11 is 1.88. The Labute approximate surface area is 286 Å². The molecule has 3 aromatic heterocycles. The highest BCUT2D eigenvalue weighted by Gasteiger charge is 2.18. The molecule has 3 heterocycles. The predicted molar refractivity (Wildman–Crippen MR) is 211 cm³/mol. The summed E-state index contributed by atoms with van der Waals surface area (Å²) in [6, 6.07) is 62.5. The third kappa shape index (κ3) is 3.88. The fourth-order valence-electron chi connectivity index (χ4n) is 8.07. The van der Waals surface area contributed by atoms with E-state index in [0.717, 1.165) is 0 Å². The van der Waals surface area contributed by atoms with Gasteiger partial charge in [-0.3, -0.25) is 0 Å². The van der Waals surface area contributed by atoms with E-state index in [-0.39, 0.29) is 0 Å². The van der Waals surface area contributed by atoms with Crippen LogP contribution < -0.4 is 0 Å². The average Bonchev–Trinajstić information content (AvgIpc) is 3.82. The molecular weight excluding hydrogens is 613 g/mol. The molecule has 49 heavy (non-hydrogen) atoms. The molecule has 2 nitrogen and oxygen atoms in total. The summed E-state index contributed by atoms with van der Waals surface area (Å²) in [7, 11) is 0. The molecule has 0 radical (unpaired) electrons. The van der Waals surface area contributed by atoms with E-state index in [1.54, 1.807) is 0 Å². The van der Waals surface area contributed by atoms with E-state index in [2.05, 4.69) is 179 Å². The molecule has 11 aromatic rings. The van der Waals surface area contributed by atoms with Gasteiger partial charge in [0.15, 0.2) is 0 Å². The zero-order valence-corrected chi connectivity index (χ0v) is 27.3. The fraction of sp³-hybridized carbons (Fsp3) is 0. The van der Waals surface area contributed by atoms with Gasteiger partial charge in [0.25, 0.3) is 0 Å². The van der Waals surface area contributed by atoms with E-state index in [9.17, 15) is 0 Å². The molecule has 8 aromatic carbocycles. The SMILES string of the molecule is c1ccc2cc(-n3c4ccccc4c4cc(-c5ccc6c(c5)c5ccccc5n6-c5cccc6c5sc5ccccc56)ccc43)ccc2c1. The van der Waals surface area contributed by atoms with Crippen molar-refractivity contribution in [3.8, 4) is 22.5 Å². The van der Waals surface area contributed by atoms with Crippen LogP contribution in [0.4, 0.5) is 0 Å². The zero-order valence-electron chi connectivity index (χ0n) is 26.5. The lowest BCUT2D eigenvalue weighted by Gasteiger charge is -2.11. The molecule has 0 aliphatic carbocycles. The van der Waals surface area contributed by atoms with Gasteiger partial charge in [-0.05, 0) is 82.6 Å². The summed E-state index contributed by atoms with van der Waals surface area (Å²) in [5, 5.41) is 10.2. The molecule has 0 unspecified atom stereocenters. The number of aromatic nitrogens is 2. The fourth-order valence-corrected chi connectivity index (χ4v) is 9.27. The van der Waals surface area contributed by atoms with Crippen molar-refractivity contribution in [3.05, 3.63) is 170 Å². The van der Waals surface area contributed by atoms with Gasteiger partial charge in [-0.1, -0.05) is 109 Å². The van der Waals surface area contributed by atoms with Crippen LogP contribution in [-0.4, -0.2) is 9.13 Å². The highest BCUT2D eigenvalue weighted by molar-refractivity contribution is 7.26. The van der Waals surface area contributed by atoms with Crippen molar-refractivity contribution in [2.75, 3.05) is 0 Å². The van der Waals surface area contributed by atoms with Crippen LogP contribution in [-0.2, 0) is 0 Å². The van der Waals surface area contributed by atoms with Crippen molar-refractivity contribution >= 4 is 85.9 Å². The number of fused-ring (bicyclic) bond motifs is 10. The molecule has 228 valence electrons. The van der Waals surface area contributed by atoms with Crippen LogP contribution in [0.3, 0.4) is 0 Å². The van der Waals surface area contributed by atoms with Crippen LogP contribution in [0.5, 0.6) is 0 Å². The number of hydrogen-bond donors (Lipinski definition) is 0. The van der Waals surface area contributed by atoms with E-state index < -0.39 is 0 Å². The summed E-state index contributed by atoms with van der Waals surface area (Å²) in [6.07, 6.45) is 0. The lowest BCUT2D eigenvalue weighted by Crippen LogP contribution is -1.94. The highest BCUT2D eigenvalue weighted by Crippen LogP contribution is 2.42. The van der Waals surface area contributed by atoms with E-state index in [0.29, 0.717) is 0 Å². The monoisotopic (exact) mass is 640 g/mol. The van der Waals surface area contributed by atoms with E-state index >= 15 is 0 Å². The number of benzene rings is 8. The summed E-state index contributed by atoms with van der Waals surface area (Å²) in [4.78, 5) is 0. The first kappa shape index (κ1) is 26.9. The largest absolute Gasteiger partial charge is 0.309 e. The number of thiophene rings is 1. The van der Waals surface area contributed by atoms with Gasteiger partial charge in [-0.2, -0.15) is 0 Å². The molecule has 0 amide bonds. The average molecular weight is 641 g/mol. The maximum Gasteiger partial charge on any atom is 0.0640 e. The summed E-state index contributed by atoms with van der Waals surface area (Å²) in [6.45, 7) is 0. The molecule has 0 aliphatic heterocycles. The standard InChI is InChI=1S/C46H28N2S/c1-2-11-30-26-33(23-20-29(30)10-1)47-40-16-6-3-12-34(40)38-27-31(21-24-42(38)47)32-22-25-43-39(28-32)35-13-4-7-17-41(35)48(43)44-18-9-15-37-36-14-5-8-19-45(36)49-46(37)44/h1-28H. The number of hydrogen-bond acceptors (Lipinski definition) is 1. The van der Waals surface area contributed by atoms with Gasteiger partial charge in [0.05, 0.1) is 32.5 Å². The first-order valence-electron chi connectivity index (χ1n) is 16.8. The molecule has 0 fully saturated rings. The Kier molecular flexibility index (Phi) is 5.57. The van der Waals surface area contributed by atoms with Crippen LogP contribution in [0.25, 0.3) is 97.1 Å². The van der Waals surface area contributed by atoms with E-state index in [1.807, 2.05) is 11.3 Å². The predicted octanol–water partition coefficient (Wildman–Crippen LogP) is 13.1. The van der Waals surface area contributed by atoms with Crippen molar-refractivity contribution in [1.82, 2.24) is 9.13 Å². The third-order valence-electron chi connectivity index (χ3n) is 10.3. The quantitative estimate of drug-likeness (QED) is 0.182. The Balaban J connectivity index is 1.11. The second kappa shape index (κ2) is 10.2. The van der Waals surface area contributed by atoms with Gasteiger partial charge in [-0.25, -0.2) is 0 Å². The van der Waals surface area contributed by atoms with Gasteiger partial charge in [-0.15, -0.1) is 11.3 Å². The normalized spacial score (nSPS) is 12.1. The topological polar surface area (TPSA) is 9.86 Å². The first-order chi connectivity index (χ1) is 24.3. The van der Waals surface area contributed by atoms with Crippen LogP contribution in [0.1, 0.15) is 0 Å². The molecule has 11 rings (SSSR count). The second-order valence-electron chi connectivity index (χ2n) is 13.0. The zero-order chi connectivity index (χ0) is 32.1. The summed E-state index contributed by atoms with van der Waals surface area (Å²) in [5.41, 5.74) is 9.76. The molecule has 0 saturated carbocycles. The number of rotatable bonds is 3. The minimum absolute atomic E-state index is 1.18. The number of nitrogens with zero attached hydrogens (tertiary/aromatic N) is 2. The molecule has 3 heteroatoms. The van der Waals surface area contributed by atoms with E-state index in [4.69, 9.17) is 0 Å². The minimum Gasteiger partial charge on any atom is -0.309 e. The molecule has 0 bridgehead atoms. The molecule has 0 N–H and O–H groups in total. The summed E-state index contributed by atoms with van der Waals surface area (Å²) < 4.78 is 7.52. The van der Waals surface area contributed by atoms with Crippen molar-refractivity contribution in [1.29, 1.82) is 0 Å². The van der Waals surface area contributed by atoms with Gasteiger partial charge in [0, 0.05) is 42.7 Å². The van der Waals surface area contributed by atoms with Crippen molar-refractivity contribution in [3.63, 3.8) is 0 Å². The van der Waals surface area contributed by atoms with Crippen LogP contribution in [0, 0.1) is 0 Å². The Hall–Kier alpha value is -6.16. The molecule has 0 spiro atoms. The molecule has 0 atom stereocenters. The Morgan fingerprint density at radius 3 is 1.67 bits per heavy atom. The Bertz CT molecular complexity index is 3120. The van der Waals surface area contributed by atoms with Gasteiger partial charge in [0.2, 0.25) is 0 Å². The summed E-state index contributed by atoms with van der Waals surface area (Å²) in [5.74, 6) is 0. The molecule has 0 saturated heterocycles. The first-order valence-corrected chi connectivity index (χ1v) is 17.6. The van der Waals surface area contributed by atoms with Gasteiger partial charge >= 0.3 is 0 Å². The Morgan fingerprint density at radius 1 is 0.347 bits per heavy atom. The number of para-hydroxylation sites is 2. The van der Waals surface area contributed by atoms with E-state index in [1.165, 1.54) is 97.1 Å². The third-order valence-corrected chi connectivity index (χ3v) is 11.5. The van der Waals surface area contributed by atoms with Gasteiger partial charge < -0.3 is 9.13 Å². The lowest BCUT2D eigenvalue weighted by atomic mass is 10.0. The maximum atomic E-state index is 2.46.